The maximum atomic E-state index is 13.2. The normalized spacial score (nSPS) is 11.7. The molecule has 0 N–H and O–H groups in total. The molecule has 3 aromatic rings. The monoisotopic (exact) mass is 278 g/mol. The van der Waals surface area contributed by atoms with Crippen LogP contribution in [0.1, 0.15) is 23.4 Å². The van der Waals surface area contributed by atoms with Crippen molar-refractivity contribution in [2.45, 2.75) is 20.3 Å². The summed E-state index contributed by atoms with van der Waals surface area (Å²) in [5.41, 5.74) is 2.25. The first-order chi connectivity index (χ1) is 9.47. The van der Waals surface area contributed by atoms with Gasteiger partial charge in [0, 0.05) is 24.4 Å². The molecule has 104 valence electrons. The van der Waals surface area contributed by atoms with E-state index in [0.29, 0.717) is 17.0 Å². The third kappa shape index (κ3) is 1.86. The summed E-state index contributed by atoms with van der Waals surface area (Å²) in [7, 11) is 1.77. The van der Waals surface area contributed by atoms with Gasteiger partial charge in [0.15, 0.2) is 0 Å². The lowest BCUT2D eigenvalue weighted by Crippen LogP contribution is -1.93. The van der Waals surface area contributed by atoms with E-state index >= 15 is 0 Å². The summed E-state index contributed by atoms with van der Waals surface area (Å²) >= 11 is 0. The van der Waals surface area contributed by atoms with Crippen molar-refractivity contribution in [1.29, 1.82) is 0 Å². The van der Waals surface area contributed by atoms with E-state index in [0.717, 1.165) is 5.69 Å². The molecule has 7 heteroatoms. The minimum Gasteiger partial charge on any atom is -0.336 e. The van der Waals surface area contributed by atoms with E-state index in [2.05, 4.69) is 15.2 Å². The first-order valence-corrected chi connectivity index (χ1v) is 6.03. The third-order valence-corrected chi connectivity index (χ3v) is 3.17. The maximum absolute atomic E-state index is 13.2. The molecular formula is C13H12F2N4O. The van der Waals surface area contributed by atoms with Crippen LogP contribution in [0.3, 0.4) is 0 Å². The Morgan fingerprint density at radius 2 is 2.00 bits per heavy atom. The van der Waals surface area contributed by atoms with Crippen molar-refractivity contribution in [2.24, 2.45) is 7.05 Å². The van der Waals surface area contributed by atoms with Crippen LogP contribution in [0.5, 0.6) is 0 Å². The van der Waals surface area contributed by atoms with Gasteiger partial charge in [0.2, 0.25) is 0 Å². The summed E-state index contributed by atoms with van der Waals surface area (Å²) in [5, 5.41) is 8.18. The topological polar surface area (TPSA) is 56.7 Å². The van der Waals surface area contributed by atoms with Gasteiger partial charge in [0.25, 0.3) is 12.1 Å². The van der Waals surface area contributed by atoms with Crippen molar-refractivity contribution in [3.8, 4) is 11.3 Å². The number of nitrogens with zero attached hydrogens (tertiary/aromatic N) is 4. The first kappa shape index (κ1) is 12.7. The Labute approximate surface area is 113 Å². The molecule has 3 heterocycles. The lowest BCUT2D eigenvalue weighted by molar-refractivity contribution is 0.153. The van der Waals surface area contributed by atoms with Crippen molar-refractivity contribution in [2.75, 3.05) is 0 Å². The predicted octanol–water partition coefficient (Wildman–Crippen LogP) is 3.18. The summed E-state index contributed by atoms with van der Waals surface area (Å²) in [5.74, 6) is 0. The summed E-state index contributed by atoms with van der Waals surface area (Å²) in [6, 6.07) is 1.38. The molecule has 0 bridgehead atoms. The number of aryl methyl sites for hydroxylation is 3. The molecule has 0 aliphatic heterocycles. The van der Waals surface area contributed by atoms with Gasteiger partial charge in [0.05, 0.1) is 22.5 Å². The minimum absolute atomic E-state index is 0.119. The highest BCUT2D eigenvalue weighted by atomic mass is 19.3. The van der Waals surface area contributed by atoms with Crippen LogP contribution in [0.2, 0.25) is 0 Å². The molecule has 0 unspecified atom stereocenters. The van der Waals surface area contributed by atoms with Gasteiger partial charge < -0.3 is 4.52 Å². The van der Waals surface area contributed by atoms with E-state index in [9.17, 15) is 8.78 Å². The van der Waals surface area contributed by atoms with Crippen molar-refractivity contribution in [3.05, 3.63) is 29.2 Å². The van der Waals surface area contributed by atoms with Crippen LogP contribution in [-0.4, -0.2) is 19.9 Å². The van der Waals surface area contributed by atoms with Crippen molar-refractivity contribution < 1.29 is 13.3 Å². The molecule has 0 amide bonds. The van der Waals surface area contributed by atoms with Gasteiger partial charge in [-0.05, 0) is 19.9 Å². The van der Waals surface area contributed by atoms with Crippen molar-refractivity contribution in [3.63, 3.8) is 0 Å². The summed E-state index contributed by atoms with van der Waals surface area (Å²) < 4.78 is 33.1. The van der Waals surface area contributed by atoms with Gasteiger partial charge >= 0.3 is 0 Å². The molecule has 0 aliphatic rings. The van der Waals surface area contributed by atoms with Gasteiger partial charge in [-0.2, -0.15) is 5.10 Å². The molecule has 3 aromatic heterocycles. The second-order valence-corrected chi connectivity index (χ2v) is 4.65. The maximum Gasteiger partial charge on any atom is 0.264 e. The van der Waals surface area contributed by atoms with Crippen LogP contribution in [0.25, 0.3) is 22.4 Å². The van der Waals surface area contributed by atoms with Gasteiger partial charge in [-0.15, -0.1) is 0 Å². The van der Waals surface area contributed by atoms with Crippen molar-refractivity contribution in [1.82, 2.24) is 19.9 Å². The zero-order valence-corrected chi connectivity index (χ0v) is 11.2. The lowest BCUT2D eigenvalue weighted by Gasteiger charge is -2.04. The molecule has 20 heavy (non-hydrogen) atoms. The van der Waals surface area contributed by atoms with Gasteiger partial charge in [-0.3, -0.25) is 4.68 Å². The molecule has 0 saturated heterocycles. The van der Waals surface area contributed by atoms with Crippen LogP contribution in [0.15, 0.2) is 16.8 Å². The number of hydrogen-bond donors (Lipinski definition) is 0. The predicted molar refractivity (Wildman–Crippen MR) is 68.4 cm³/mol. The standard InChI is InChI=1S/C13H12F2N4O/c1-6-9(5-19(3)17-6)10-4-8(12(14)15)11-7(2)18-20-13(11)16-10/h4-5,12H,1-3H3. The largest absolute Gasteiger partial charge is 0.336 e. The number of fused-ring (bicyclic) bond motifs is 1. The average Bonchev–Trinajstić information content (AvgIpc) is 2.92. The van der Waals surface area contributed by atoms with Crippen molar-refractivity contribution >= 4 is 11.1 Å². The molecule has 0 fully saturated rings. The number of halogens is 2. The highest BCUT2D eigenvalue weighted by molar-refractivity contribution is 5.83. The fourth-order valence-corrected chi connectivity index (χ4v) is 2.29. The lowest BCUT2D eigenvalue weighted by atomic mass is 10.1. The van der Waals surface area contributed by atoms with E-state index in [-0.39, 0.29) is 16.7 Å². The Morgan fingerprint density at radius 3 is 2.60 bits per heavy atom. The number of rotatable bonds is 2. The Balaban J connectivity index is 2.30. The third-order valence-electron chi connectivity index (χ3n) is 3.17. The Bertz CT molecular complexity index is 791. The molecule has 0 saturated carbocycles. The van der Waals surface area contributed by atoms with E-state index in [1.165, 1.54) is 6.07 Å². The Kier molecular flexibility index (Phi) is 2.77. The molecule has 5 nitrogen and oxygen atoms in total. The quantitative estimate of drug-likeness (QED) is 0.722. The summed E-state index contributed by atoms with van der Waals surface area (Å²) in [6.45, 7) is 3.42. The number of hydrogen-bond acceptors (Lipinski definition) is 4. The second kappa shape index (κ2) is 4.36. The van der Waals surface area contributed by atoms with E-state index < -0.39 is 6.43 Å². The van der Waals surface area contributed by atoms with Crippen LogP contribution in [0, 0.1) is 13.8 Å². The average molecular weight is 278 g/mol. The molecule has 0 spiro atoms. The fourth-order valence-electron chi connectivity index (χ4n) is 2.29. The summed E-state index contributed by atoms with van der Waals surface area (Å²) in [6.07, 6.45) is -0.878. The highest BCUT2D eigenvalue weighted by Gasteiger charge is 2.21. The smallest absolute Gasteiger partial charge is 0.264 e. The molecule has 0 aromatic carbocycles. The van der Waals surface area contributed by atoms with E-state index in [1.54, 1.807) is 31.8 Å². The highest BCUT2D eigenvalue weighted by Crippen LogP contribution is 2.33. The molecular weight excluding hydrogens is 266 g/mol. The molecule has 0 radical (unpaired) electrons. The SMILES string of the molecule is Cc1nn(C)cc1-c1cc(C(F)F)c2c(C)noc2n1. The van der Waals surface area contributed by atoms with Gasteiger partial charge in [-0.25, -0.2) is 13.8 Å². The van der Waals surface area contributed by atoms with Crippen LogP contribution >= 0.6 is 0 Å². The minimum atomic E-state index is -2.62. The summed E-state index contributed by atoms with van der Waals surface area (Å²) in [4.78, 5) is 4.27. The zero-order chi connectivity index (χ0) is 14.4. The van der Waals surface area contributed by atoms with E-state index in [1.807, 2.05) is 0 Å². The Morgan fingerprint density at radius 1 is 1.25 bits per heavy atom. The number of alkyl halides is 2. The van der Waals surface area contributed by atoms with Crippen LogP contribution < -0.4 is 0 Å². The molecule has 0 atom stereocenters. The van der Waals surface area contributed by atoms with Gasteiger partial charge in [-0.1, -0.05) is 5.16 Å². The number of pyridine rings is 1. The first-order valence-electron chi connectivity index (χ1n) is 6.03. The van der Waals surface area contributed by atoms with Gasteiger partial charge in [0.1, 0.15) is 0 Å². The van der Waals surface area contributed by atoms with E-state index in [4.69, 9.17) is 4.52 Å². The Hall–Kier alpha value is -2.31. The fraction of sp³-hybridized carbons (Fsp3) is 0.308. The zero-order valence-electron chi connectivity index (χ0n) is 11.2. The van der Waals surface area contributed by atoms with Crippen LogP contribution in [-0.2, 0) is 7.05 Å². The van der Waals surface area contributed by atoms with Crippen LogP contribution in [0.4, 0.5) is 8.78 Å². The second-order valence-electron chi connectivity index (χ2n) is 4.65. The molecule has 3 rings (SSSR count). The molecule has 0 aliphatic carbocycles. The number of aromatic nitrogens is 4.